The van der Waals surface area contributed by atoms with E-state index in [1.54, 1.807) is 0 Å². The maximum Gasteiger partial charge on any atom is 0.336 e. The first-order valence-electron chi connectivity index (χ1n) is 4.42. The van der Waals surface area contributed by atoms with Crippen molar-refractivity contribution in [3.8, 4) is 0 Å². The highest BCUT2D eigenvalue weighted by molar-refractivity contribution is 7.87. The second-order valence-corrected chi connectivity index (χ2v) is 5.61. The zero-order valence-electron chi connectivity index (χ0n) is 8.90. The van der Waals surface area contributed by atoms with Gasteiger partial charge in [0.05, 0.1) is 6.61 Å². The molecule has 0 aliphatic rings. The first kappa shape index (κ1) is 14.7. The maximum atomic E-state index is 11.2. The van der Waals surface area contributed by atoms with Gasteiger partial charge in [-0.3, -0.25) is 4.18 Å². The summed E-state index contributed by atoms with van der Waals surface area (Å²) in [6.45, 7) is 5.27. The van der Waals surface area contributed by atoms with Gasteiger partial charge >= 0.3 is 5.97 Å². The third-order valence-electron chi connectivity index (χ3n) is 1.32. The molecule has 0 bridgehead atoms. The molecule has 0 aromatic heterocycles. The van der Waals surface area contributed by atoms with Crippen molar-refractivity contribution in [3.63, 3.8) is 0 Å². The van der Waals surface area contributed by atoms with Crippen LogP contribution in [0.5, 0.6) is 0 Å². The highest BCUT2D eigenvalue weighted by Gasteiger charge is 2.22. The number of carbonyl (C=O) groups is 1. The zero-order valence-corrected chi connectivity index (χ0v) is 10.5. The van der Waals surface area contributed by atoms with Crippen LogP contribution in [-0.2, 0) is 23.8 Å². The summed E-state index contributed by atoms with van der Waals surface area (Å²) in [5.74, 6) is -0.525. The molecule has 0 radical (unpaired) electrons. The number of halogens is 1. The van der Waals surface area contributed by atoms with E-state index in [0.29, 0.717) is 0 Å². The molecule has 0 rings (SSSR count). The van der Waals surface area contributed by atoms with Crippen LogP contribution in [0.15, 0.2) is 0 Å². The van der Waals surface area contributed by atoms with E-state index >= 15 is 0 Å². The van der Waals surface area contributed by atoms with E-state index in [1.807, 2.05) is 13.8 Å². The number of hydrogen-bond acceptors (Lipinski definition) is 5. The molecule has 0 aromatic rings. The number of esters is 1. The topological polar surface area (TPSA) is 69.7 Å². The Morgan fingerprint density at radius 1 is 1.33 bits per heavy atom. The molecule has 15 heavy (non-hydrogen) atoms. The molecule has 0 N–H and O–H groups in total. The number of rotatable bonds is 6. The summed E-state index contributed by atoms with van der Waals surface area (Å²) in [6, 6.07) is 0. The normalized spacial score (nSPS) is 13.9. The van der Waals surface area contributed by atoms with Crippen molar-refractivity contribution >= 4 is 27.7 Å². The van der Waals surface area contributed by atoms with Gasteiger partial charge in [0, 0.05) is 0 Å². The predicted octanol–water partition coefficient (Wildman–Crippen LogP) is 1.12. The van der Waals surface area contributed by atoms with Crippen LogP contribution in [0, 0.1) is 5.92 Å². The van der Waals surface area contributed by atoms with E-state index in [1.165, 1.54) is 6.92 Å². The highest BCUT2D eigenvalue weighted by atomic mass is 35.5. The molecule has 0 saturated carbocycles. The van der Waals surface area contributed by atoms with Gasteiger partial charge in [0.2, 0.25) is 0 Å². The zero-order chi connectivity index (χ0) is 12.1. The van der Waals surface area contributed by atoms with Gasteiger partial charge in [-0.2, -0.15) is 8.42 Å². The SMILES string of the molecule is CC(C)COC(=O)[C@@H](C)OS(=O)(=O)CCl. The molecule has 0 unspecified atom stereocenters. The first-order valence-corrected chi connectivity index (χ1v) is 6.53. The lowest BCUT2D eigenvalue weighted by molar-refractivity contribution is -0.152. The Bertz CT molecular complexity index is 298. The molecule has 0 aliphatic heterocycles. The summed E-state index contributed by atoms with van der Waals surface area (Å²) < 4.78 is 31.0. The largest absolute Gasteiger partial charge is 0.463 e. The van der Waals surface area contributed by atoms with Crippen LogP contribution in [0.3, 0.4) is 0 Å². The van der Waals surface area contributed by atoms with Crippen LogP contribution in [-0.4, -0.2) is 32.3 Å². The van der Waals surface area contributed by atoms with Gasteiger partial charge in [0.25, 0.3) is 10.1 Å². The van der Waals surface area contributed by atoms with Crippen molar-refractivity contribution in [3.05, 3.63) is 0 Å². The first-order chi connectivity index (χ1) is 6.78. The standard InChI is InChI=1S/C8H15ClO5S/c1-6(2)4-13-8(10)7(3)14-15(11,12)5-9/h6-7H,4-5H2,1-3H3/t7-/m1/s1. The van der Waals surface area contributed by atoms with Gasteiger partial charge in [-0.05, 0) is 12.8 Å². The molecule has 0 saturated heterocycles. The Hall–Kier alpha value is -0.330. The summed E-state index contributed by atoms with van der Waals surface area (Å²) in [7, 11) is -3.84. The minimum absolute atomic E-state index is 0.186. The minimum atomic E-state index is -3.84. The molecule has 5 nitrogen and oxygen atoms in total. The number of hydrogen-bond donors (Lipinski definition) is 0. The fraction of sp³-hybridized carbons (Fsp3) is 0.875. The van der Waals surface area contributed by atoms with Crippen LogP contribution in [0.4, 0.5) is 0 Å². The van der Waals surface area contributed by atoms with Crippen molar-refractivity contribution in [2.24, 2.45) is 5.92 Å². The molecule has 7 heteroatoms. The molecule has 1 atom stereocenters. The Morgan fingerprint density at radius 2 is 1.87 bits per heavy atom. The minimum Gasteiger partial charge on any atom is -0.463 e. The molecule has 0 amide bonds. The van der Waals surface area contributed by atoms with Crippen molar-refractivity contribution in [1.29, 1.82) is 0 Å². The molecular formula is C8H15ClO5S. The van der Waals surface area contributed by atoms with Gasteiger partial charge in [-0.15, -0.1) is 11.6 Å². The lowest BCUT2D eigenvalue weighted by atomic mass is 10.2. The third-order valence-corrected chi connectivity index (χ3v) is 2.97. The molecule has 0 fully saturated rings. The lowest BCUT2D eigenvalue weighted by Crippen LogP contribution is -2.27. The van der Waals surface area contributed by atoms with E-state index in [0.717, 1.165) is 0 Å². The van der Waals surface area contributed by atoms with Gasteiger partial charge in [-0.1, -0.05) is 13.8 Å². The van der Waals surface area contributed by atoms with Gasteiger partial charge in [-0.25, -0.2) is 4.79 Å². The van der Waals surface area contributed by atoms with E-state index in [2.05, 4.69) is 4.18 Å². The Morgan fingerprint density at radius 3 is 2.27 bits per heavy atom. The second-order valence-electron chi connectivity index (χ2n) is 3.43. The summed E-state index contributed by atoms with van der Waals surface area (Å²) in [5.41, 5.74) is 0. The predicted molar refractivity (Wildman–Crippen MR) is 56.0 cm³/mol. The maximum absolute atomic E-state index is 11.2. The van der Waals surface area contributed by atoms with Crippen molar-refractivity contribution in [1.82, 2.24) is 0 Å². The van der Waals surface area contributed by atoms with Crippen LogP contribution in [0.2, 0.25) is 0 Å². The third kappa shape index (κ3) is 6.70. The van der Waals surface area contributed by atoms with Crippen LogP contribution in [0.25, 0.3) is 0 Å². The molecular weight excluding hydrogens is 244 g/mol. The fourth-order valence-corrected chi connectivity index (χ4v) is 1.38. The van der Waals surface area contributed by atoms with Gasteiger partial charge in [0.15, 0.2) is 6.10 Å². The summed E-state index contributed by atoms with van der Waals surface area (Å²) in [5, 5.41) is -0.686. The lowest BCUT2D eigenvalue weighted by Gasteiger charge is -2.12. The van der Waals surface area contributed by atoms with E-state index < -0.39 is 27.4 Å². The summed E-state index contributed by atoms with van der Waals surface area (Å²) >= 11 is 5.10. The Balaban J connectivity index is 4.11. The molecule has 0 aromatic carbocycles. The average Bonchev–Trinajstić information content (AvgIpc) is 2.13. The molecule has 0 spiro atoms. The van der Waals surface area contributed by atoms with Crippen molar-refractivity contribution < 1.29 is 22.1 Å². The van der Waals surface area contributed by atoms with Crippen LogP contribution in [0.1, 0.15) is 20.8 Å². The average molecular weight is 259 g/mol. The summed E-state index contributed by atoms with van der Waals surface area (Å²) in [4.78, 5) is 11.2. The number of alkyl halides is 1. The Kier molecular flexibility index (Phi) is 6.16. The fourth-order valence-electron chi connectivity index (χ4n) is 0.651. The molecule has 90 valence electrons. The van der Waals surface area contributed by atoms with Crippen LogP contribution >= 0.6 is 11.6 Å². The molecule has 0 heterocycles. The summed E-state index contributed by atoms with van der Waals surface area (Å²) in [6.07, 6.45) is -1.16. The monoisotopic (exact) mass is 258 g/mol. The highest BCUT2D eigenvalue weighted by Crippen LogP contribution is 2.05. The van der Waals surface area contributed by atoms with E-state index in [-0.39, 0.29) is 12.5 Å². The van der Waals surface area contributed by atoms with E-state index in [4.69, 9.17) is 16.3 Å². The van der Waals surface area contributed by atoms with Crippen molar-refractivity contribution in [2.75, 3.05) is 11.8 Å². The Labute approximate surface area is 94.8 Å². The molecule has 0 aliphatic carbocycles. The van der Waals surface area contributed by atoms with Crippen LogP contribution < -0.4 is 0 Å². The van der Waals surface area contributed by atoms with E-state index in [9.17, 15) is 13.2 Å². The quantitative estimate of drug-likeness (QED) is 0.406. The smallest absolute Gasteiger partial charge is 0.336 e. The van der Waals surface area contributed by atoms with Crippen molar-refractivity contribution in [2.45, 2.75) is 26.9 Å². The van der Waals surface area contributed by atoms with Gasteiger partial charge in [0.1, 0.15) is 5.21 Å². The number of ether oxygens (including phenoxy) is 1. The number of carbonyl (C=O) groups excluding carboxylic acids is 1. The second kappa shape index (κ2) is 6.30. The van der Waals surface area contributed by atoms with Gasteiger partial charge < -0.3 is 4.74 Å².